The lowest BCUT2D eigenvalue weighted by atomic mass is 9.88. The van der Waals surface area contributed by atoms with Crippen LogP contribution >= 0.6 is 0 Å². The summed E-state index contributed by atoms with van der Waals surface area (Å²) in [6.07, 6.45) is 7.73. The predicted octanol–water partition coefficient (Wildman–Crippen LogP) is 3.59. The Hall–Kier alpha value is -0.0800. The van der Waals surface area contributed by atoms with E-state index in [0.717, 1.165) is 24.8 Å². The van der Waals surface area contributed by atoms with E-state index in [0.29, 0.717) is 12.6 Å². The van der Waals surface area contributed by atoms with Crippen LogP contribution in [0.2, 0.25) is 0 Å². The number of hydrogen-bond donors (Lipinski definition) is 2. The van der Waals surface area contributed by atoms with Gasteiger partial charge in [0.25, 0.3) is 0 Å². The minimum Gasteiger partial charge on any atom is -0.396 e. The van der Waals surface area contributed by atoms with Gasteiger partial charge in [0.15, 0.2) is 0 Å². The molecule has 0 amide bonds. The van der Waals surface area contributed by atoms with Crippen LogP contribution in [-0.4, -0.2) is 24.3 Å². The van der Waals surface area contributed by atoms with E-state index >= 15 is 0 Å². The number of hydrogen-bond acceptors (Lipinski definition) is 2. The Kier molecular flexibility index (Phi) is 6.65. The molecule has 0 spiro atoms. The first-order valence-corrected chi connectivity index (χ1v) is 7.79. The van der Waals surface area contributed by atoms with E-state index in [9.17, 15) is 0 Å². The van der Waals surface area contributed by atoms with Crippen LogP contribution in [0.5, 0.6) is 0 Å². The molecule has 0 aromatic rings. The molecule has 1 fully saturated rings. The van der Waals surface area contributed by atoms with Gasteiger partial charge in [-0.2, -0.15) is 0 Å². The molecule has 2 N–H and O–H groups in total. The summed E-state index contributed by atoms with van der Waals surface area (Å²) in [5.41, 5.74) is 0.221. The Morgan fingerprint density at radius 3 is 2.50 bits per heavy atom. The highest BCUT2D eigenvalue weighted by Crippen LogP contribution is 2.29. The lowest BCUT2D eigenvalue weighted by Gasteiger charge is -2.27. The highest BCUT2D eigenvalue weighted by molar-refractivity contribution is 4.79. The lowest BCUT2D eigenvalue weighted by molar-refractivity contribution is 0.200. The van der Waals surface area contributed by atoms with Gasteiger partial charge in [0.05, 0.1) is 0 Å². The van der Waals surface area contributed by atoms with E-state index in [-0.39, 0.29) is 5.41 Å². The van der Waals surface area contributed by atoms with E-state index in [4.69, 9.17) is 5.11 Å². The molecule has 0 saturated heterocycles. The van der Waals surface area contributed by atoms with Gasteiger partial charge in [-0.15, -0.1) is 0 Å². The highest BCUT2D eigenvalue weighted by Gasteiger charge is 2.23. The van der Waals surface area contributed by atoms with Crippen LogP contribution < -0.4 is 5.32 Å². The number of nitrogens with one attached hydrogen (secondary N) is 1. The van der Waals surface area contributed by atoms with Crippen molar-refractivity contribution < 1.29 is 5.11 Å². The van der Waals surface area contributed by atoms with Gasteiger partial charge in [-0.3, -0.25) is 0 Å². The molecule has 0 heterocycles. The Labute approximate surface area is 114 Å². The second kappa shape index (κ2) is 7.49. The molecule has 18 heavy (non-hydrogen) atoms. The molecule has 0 radical (unpaired) electrons. The Bertz CT molecular complexity index is 225. The molecule has 2 nitrogen and oxygen atoms in total. The zero-order valence-electron chi connectivity index (χ0n) is 12.8. The van der Waals surface area contributed by atoms with Crippen LogP contribution in [-0.2, 0) is 0 Å². The average Bonchev–Trinajstić information content (AvgIpc) is 2.51. The largest absolute Gasteiger partial charge is 0.396 e. The zero-order valence-corrected chi connectivity index (χ0v) is 12.8. The van der Waals surface area contributed by atoms with Crippen molar-refractivity contribution in [2.75, 3.05) is 13.2 Å². The smallest absolute Gasteiger partial charge is 0.0436 e. The summed E-state index contributed by atoms with van der Waals surface area (Å²) in [4.78, 5) is 0. The molecular weight excluding hydrogens is 222 g/mol. The van der Waals surface area contributed by atoms with Crippen molar-refractivity contribution in [1.29, 1.82) is 0 Å². The van der Waals surface area contributed by atoms with Crippen molar-refractivity contribution in [1.82, 2.24) is 5.32 Å². The van der Waals surface area contributed by atoms with Crippen molar-refractivity contribution in [3.05, 3.63) is 0 Å². The fraction of sp³-hybridized carbons (Fsp3) is 1.00. The molecule has 1 aliphatic carbocycles. The summed E-state index contributed by atoms with van der Waals surface area (Å²) in [6.45, 7) is 10.5. The molecule has 2 atom stereocenters. The first-order valence-electron chi connectivity index (χ1n) is 7.79. The van der Waals surface area contributed by atoms with Crippen LogP contribution in [0.15, 0.2) is 0 Å². The van der Waals surface area contributed by atoms with Crippen LogP contribution in [0.4, 0.5) is 0 Å². The van der Waals surface area contributed by atoms with Crippen LogP contribution in [0.25, 0.3) is 0 Å². The molecule has 0 aromatic heterocycles. The molecule has 1 aliphatic rings. The predicted molar refractivity (Wildman–Crippen MR) is 78.7 cm³/mol. The third-order valence-corrected chi connectivity index (χ3v) is 4.61. The lowest BCUT2D eigenvalue weighted by Crippen LogP contribution is -2.37. The number of aliphatic hydroxyl groups excluding tert-OH is 1. The number of rotatable bonds is 6. The third-order valence-electron chi connectivity index (χ3n) is 4.61. The van der Waals surface area contributed by atoms with Crippen molar-refractivity contribution in [3.8, 4) is 0 Å². The third kappa shape index (κ3) is 5.71. The molecular formula is C16H33NO. The Morgan fingerprint density at radius 1 is 1.17 bits per heavy atom. The van der Waals surface area contributed by atoms with Gasteiger partial charge < -0.3 is 10.4 Å². The van der Waals surface area contributed by atoms with E-state index in [2.05, 4.69) is 33.0 Å². The second-order valence-corrected chi connectivity index (χ2v) is 7.23. The van der Waals surface area contributed by atoms with Gasteiger partial charge in [0.1, 0.15) is 0 Å². The summed E-state index contributed by atoms with van der Waals surface area (Å²) in [6, 6.07) is 0.701. The van der Waals surface area contributed by atoms with Gasteiger partial charge >= 0.3 is 0 Å². The van der Waals surface area contributed by atoms with E-state index in [1.165, 1.54) is 32.1 Å². The Morgan fingerprint density at radius 2 is 1.89 bits per heavy atom. The van der Waals surface area contributed by atoms with Crippen molar-refractivity contribution in [3.63, 3.8) is 0 Å². The van der Waals surface area contributed by atoms with Crippen molar-refractivity contribution in [2.45, 2.75) is 72.3 Å². The van der Waals surface area contributed by atoms with E-state index in [1.54, 1.807) is 0 Å². The van der Waals surface area contributed by atoms with Crippen molar-refractivity contribution in [2.24, 2.45) is 17.3 Å². The minimum atomic E-state index is 0.221. The molecule has 1 rings (SSSR count). The standard InChI is InChI=1S/C16H33NO/c1-13(2)14-6-5-7-15(9-8-14)17-12-16(3,4)10-11-18/h13-15,17-18H,5-12H2,1-4H3. The van der Waals surface area contributed by atoms with E-state index < -0.39 is 0 Å². The van der Waals surface area contributed by atoms with Gasteiger partial charge in [-0.25, -0.2) is 0 Å². The molecule has 0 bridgehead atoms. The topological polar surface area (TPSA) is 32.3 Å². The monoisotopic (exact) mass is 255 g/mol. The van der Waals surface area contributed by atoms with Crippen LogP contribution in [0.3, 0.4) is 0 Å². The van der Waals surface area contributed by atoms with Gasteiger partial charge in [-0.1, -0.05) is 40.5 Å². The summed E-state index contributed by atoms with van der Waals surface area (Å²) >= 11 is 0. The highest BCUT2D eigenvalue weighted by atomic mass is 16.3. The fourth-order valence-electron chi connectivity index (χ4n) is 3.01. The summed E-state index contributed by atoms with van der Waals surface area (Å²) < 4.78 is 0. The first-order chi connectivity index (χ1) is 8.44. The SMILES string of the molecule is CC(C)C1CCCC(NCC(C)(C)CCO)CC1. The number of aliphatic hydroxyl groups is 1. The van der Waals surface area contributed by atoms with E-state index in [1.807, 2.05) is 0 Å². The first kappa shape index (κ1) is 16.0. The summed E-state index contributed by atoms with van der Waals surface area (Å²) in [5.74, 6) is 1.77. The second-order valence-electron chi connectivity index (χ2n) is 7.23. The van der Waals surface area contributed by atoms with Gasteiger partial charge in [0, 0.05) is 19.2 Å². The quantitative estimate of drug-likeness (QED) is 0.711. The summed E-state index contributed by atoms with van der Waals surface area (Å²) in [7, 11) is 0. The maximum Gasteiger partial charge on any atom is 0.0436 e. The molecule has 0 aliphatic heterocycles. The Balaban J connectivity index is 2.31. The van der Waals surface area contributed by atoms with Gasteiger partial charge in [-0.05, 0) is 42.9 Å². The average molecular weight is 255 g/mol. The van der Waals surface area contributed by atoms with Crippen molar-refractivity contribution >= 4 is 0 Å². The van der Waals surface area contributed by atoms with Gasteiger partial charge in [0.2, 0.25) is 0 Å². The normalized spacial score (nSPS) is 26.3. The molecule has 2 unspecified atom stereocenters. The zero-order chi connectivity index (χ0) is 13.6. The molecule has 1 saturated carbocycles. The fourth-order valence-corrected chi connectivity index (χ4v) is 3.01. The van der Waals surface area contributed by atoms with Crippen LogP contribution in [0.1, 0.15) is 66.2 Å². The summed E-state index contributed by atoms with van der Waals surface area (Å²) in [5, 5.41) is 12.8. The maximum absolute atomic E-state index is 9.05. The maximum atomic E-state index is 9.05. The van der Waals surface area contributed by atoms with Crippen LogP contribution in [0, 0.1) is 17.3 Å². The molecule has 2 heteroatoms. The molecule has 108 valence electrons. The minimum absolute atomic E-state index is 0.221. The molecule has 0 aromatic carbocycles.